The van der Waals surface area contributed by atoms with Crippen molar-refractivity contribution in [1.82, 2.24) is 14.8 Å². The highest BCUT2D eigenvalue weighted by molar-refractivity contribution is 5.94. The SMILES string of the molecule is Cn1cc(CCNc2ncc(N)cc2C(=O)O)cn1. The molecule has 0 atom stereocenters. The van der Waals surface area contributed by atoms with Gasteiger partial charge >= 0.3 is 5.97 Å². The Morgan fingerprint density at radius 3 is 2.95 bits per heavy atom. The van der Waals surface area contributed by atoms with E-state index in [1.54, 1.807) is 10.9 Å². The zero-order valence-electron chi connectivity index (χ0n) is 10.5. The highest BCUT2D eigenvalue weighted by Gasteiger charge is 2.11. The predicted molar refractivity (Wildman–Crippen MR) is 71.0 cm³/mol. The second-order valence-corrected chi connectivity index (χ2v) is 4.17. The minimum absolute atomic E-state index is 0.0752. The van der Waals surface area contributed by atoms with E-state index in [1.165, 1.54) is 12.3 Å². The first-order valence-electron chi connectivity index (χ1n) is 5.76. The van der Waals surface area contributed by atoms with Gasteiger partial charge in [0.2, 0.25) is 0 Å². The van der Waals surface area contributed by atoms with Gasteiger partial charge in [0.15, 0.2) is 0 Å². The monoisotopic (exact) mass is 261 g/mol. The van der Waals surface area contributed by atoms with E-state index in [0.717, 1.165) is 12.0 Å². The fourth-order valence-electron chi connectivity index (χ4n) is 1.71. The van der Waals surface area contributed by atoms with Crippen LogP contribution in [0.2, 0.25) is 0 Å². The van der Waals surface area contributed by atoms with Crippen LogP contribution in [0.25, 0.3) is 0 Å². The summed E-state index contributed by atoms with van der Waals surface area (Å²) in [6.45, 7) is 0.572. The normalized spacial score (nSPS) is 10.4. The molecule has 0 fully saturated rings. The van der Waals surface area contributed by atoms with Gasteiger partial charge in [0.05, 0.1) is 18.1 Å². The lowest BCUT2D eigenvalue weighted by Gasteiger charge is -2.08. The van der Waals surface area contributed by atoms with E-state index < -0.39 is 5.97 Å². The van der Waals surface area contributed by atoms with Crippen LogP contribution in [0.5, 0.6) is 0 Å². The summed E-state index contributed by atoms with van der Waals surface area (Å²) >= 11 is 0. The summed E-state index contributed by atoms with van der Waals surface area (Å²) in [6.07, 6.45) is 5.85. The zero-order chi connectivity index (χ0) is 13.8. The molecular formula is C12H15N5O2. The van der Waals surface area contributed by atoms with Crippen LogP contribution < -0.4 is 11.1 Å². The van der Waals surface area contributed by atoms with Crippen LogP contribution in [0, 0.1) is 0 Å². The number of rotatable bonds is 5. The summed E-state index contributed by atoms with van der Waals surface area (Å²) < 4.78 is 1.72. The van der Waals surface area contributed by atoms with E-state index in [0.29, 0.717) is 18.1 Å². The molecule has 0 amide bonds. The Bertz CT molecular complexity index is 594. The molecule has 2 aromatic rings. The first-order chi connectivity index (χ1) is 9.06. The van der Waals surface area contributed by atoms with Crippen LogP contribution in [0.1, 0.15) is 15.9 Å². The molecule has 0 saturated carbocycles. The molecule has 2 aromatic heterocycles. The van der Waals surface area contributed by atoms with Gasteiger partial charge in [0, 0.05) is 19.8 Å². The Labute approximate surface area is 110 Å². The highest BCUT2D eigenvalue weighted by atomic mass is 16.4. The minimum atomic E-state index is -1.05. The molecule has 0 aromatic carbocycles. The van der Waals surface area contributed by atoms with E-state index in [-0.39, 0.29) is 5.56 Å². The average Bonchev–Trinajstić information content (AvgIpc) is 2.77. The molecule has 0 spiro atoms. The van der Waals surface area contributed by atoms with E-state index in [2.05, 4.69) is 15.4 Å². The molecular weight excluding hydrogens is 246 g/mol. The van der Waals surface area contributed by atoms with Crippen molar-refractivity contribution < 1.29 is 9.90 Å². The largest absolute Gasteiger partial charge is 0.478 e. The van der Waals surface area contributed by atoms with E-state index >= 15 is 0 Å². The van der Waals surface area contributed by atoms with Crippen molar-refractivity contribution in [1.29, 1.82) is 0 Å². The van der Waals surface area contributed by atoms with Crippen molar-refractivity contribution in [2.24, 2.45) is 7.05 Å². The molecule has 0 radical (unpaired) electrons. The lowest BCUT2D eigenvalue weighted by atomic mass is 10.2. The average molecular weight is 261 g/mol. The highest BCUT2D eigenvalue weighted by Crippen LogP contribution is 2.15. The Hall–Kier alpha value is -2.57. The molecule has 7 nitrogen and oxygen atoms in total. The molecule has 0 aliphatic heterocycles. The van der Waals surface area contributed by atoms with E-state index in [9.17, 15) is 4.79 Å². The number of anilines is 2. The Morgan fingerprint density at radius 2 is 2.32 bits per heavy atom. The topological polar surface area (TPSA) is 106 Å². The van der Waals surface area contributed by atoms with Gasteiger partial charge in [-0.05, 0) is 18.1 Å². The summed E-state index contributed by atoms with van der Waals surface area (Å²) in [5.74, 6) is -0.728. The maximum absolute atomic E-state index is 11.1. The van der Waals surface area contributed by atoms with E-state index in [4.69, 9.17) is 10.8 Å². The molecule has 7 heteroatoms. The van der Waals surface area contributed by atoms with Crippen molar-refractivity contribution in [3.8, 4) is 0 Å². The van der Waals surface area contributed by atoms with Gasteiger partial charge in [-0.15, -0.1) is 0 Å². The quantitative estimate of drug-likeness (QED) is 0.733. The number of nitrogens with two attached hydrogens (primary N) is 1. The molecule has 0 unspecified atom stereocenters. The Balaban J connectivity index is 2.01. The predicted octanol–water partition coefficient (Wildman–Crippen LogP) is 0.750. The van der Waals surface area contributed by atoms with Gasteiger partial charge in [-0.3, -0.25) is 4.68 Å². The number of aromatic carboxylic acids is 1. The number of hydrogen-bond acceptors (Lipinski definition) is 5. The van der Waals surface area contributed by atoms with Crippen LogP contribution in [-0.2, 0) is 13.5 Å². The number of hydrogen-bond donors (Lipinski definition) is 3. The van der Waals surface area contributed by atoms with Gasteiger partial charge in [-0.1, -0.05) is 0 Å². The first kappa shape index (κ1) is 12.9. The lowest BCUT2D eigenvalue weighted by molar-refractivity contribution is 0.0697. The maximum Gasteiger partial charge on any atom is 0.339 e. The third kappa shape index (κ3) is 3.21. The minimum Gasteiger partial charge on any atom is -0.478 e. The van der Waals surface area contributed by atoms with Crippen LogP contribution in [0.4, 0.5) is 11.5 Å². The second kappa shape index (κ2) is 5.38. The number of pyridine rings is 1. The van der Waals surface area contributed by atoms with Crippen molar-refractivity contribution in [3.05, 3.63) is 35.8 Å². The summed E-state index contributed by atoms with van der Waals surface area (Å²) in [5, 5.41) is 16.1. The third-order valence-electron chi connectivity index (χ3n) is 2.60. The van der Waals surface area contributed by atoms with Crippen molar-refractivity contribution in [3.63, 3.8) is 0 Å². The number of carboxylic acid groups (broad SMARTS) is 1. The molecule has 0 bridgehead atoms. The molecule has 0 aliphatic carbocycles. The van der Waals surface area contributed by atoms with Crippen molar-refractivity contribution >= 4 is 17.5 Å². The number of nitrogens with one attached hydrogen (secondary N) is 1. The second-order valence-electron chi connectivity index (χ2n) is 4.17. The standard InChI is InChI=1S/C12H15N5O2/c1-17-7-8(5-16-17)2-3-14-11-10(12(18)19)4-9(13)6-15-11/h4-7H,2-3,13H2,1H3,(H,14,15)(H,18,19). The molecule has 19 heavy (non-hydrogen) atoms. The third-order valence-corrected chi connectivity index (χ3v) is 2.60. The molecule has 0 saturated heterocycles. The maximum atomic E-state index is 11.1. The van der Waals surface area contributed by atoms with Gasteiger partial charge < -0.3 is 16.2 Å². The van der Waals surface area contributed by atoms with Gasteiger partial charge in [-0.25, -0.2) is 9.78 Å². The summed E-state index contributed by atoms with van der Waals surface area (Å²) in [5.41, 5.74) is 7.00. The smallest absolute Gasteiger partial charge is 0.339 e. The Kier molecular flexibility index (Phi) is 3.65. The molecule has 0 aliphatic rings. The van der Waals surface area contributed by atoms with Crippen LogP contribution in [0.15, 0.2) is 24.7 Å². The lowest BCUT2D eigenvalue weighted by Crippen LogP contribution is -2.11. The summed E-state index contributed by atoms with van der Waals surface area (Å²) in [4.78, 5) is 15.1. The fraction of sp³-hybridized carbons (Fsp3) is 0.250. The van der Waals surface area contributed by atoms with Crippen LogP contribution in [0.3, 0.4) is 0 Å². The van der Waals surface area contributed by atoms with Crippen LogP contribution in [-0.4, -0.2) is 32.4 Å². The fourth-order valence-corrected chi connectivity index (χ4v) is 1.71. The first-order valence-corrected chi connectivity index (χ1v) is 5.76. The molecule has 100 valence electrons. The molecule has 2 rings (SSSR count). The number of nitrogens with zero attached hydrogens (tertiary/aromatic N) is 3. The Morgan fingerprint density at radius 1 is 1.53 bits per heavy atom. The van der Waals surface area contributed by atoms with Gasteiger partial charge in [0.25, 0.3) is 0 Å². The number of carboxylic acids is 1. The van der Waals surface area contributed by atoms with Crippen molar-refractivity contribution in [2.45, 2.75) is 6.42 Å². The number of aryl methyl sites for hydroxylation is 1. The molecule has 2 heterocycles. The number of carbonyl (C=O) groups is 1. The number of aromatic nitrogens is 3. The van der Waals surface area contributed by atoms with Crippen LogP contribution >= 0.6 is 0 Å². The van der Waals surface area contributed by atoms with Gasteiger partial charge in [0.1, 0.15) is 11.4 Å². The van der Waals surface area contributed by atoms with Gasteiger partial charge in [-0.2, -0.15) is 5.10 Å². The summed E-state index contributed by atoms with van der Waals surface area (Å²) in [7, 11) is 1.85. The molecule has 4 N–H and O–H groups in total. The summed E-state index contributed by atoms with van der Waals surface area (Å²) in [6, 6.07) is 1.39. The number of nitrogen functional groups attached to an aromatic ring is 1. The van der Waals surface area contributed by atoms with E-state index in [1.807, 2.05) is 13.2 Å². The zero-order valence-corrected chi connectivity index (χ0v) is 10.5. The van der Waals surface area contributed by atoms with Crippen molar-refractivity contribution in [2.75, 3.05) is 17.6 Å².